The number of primary amides is 1. The molecular formula is C32H49FN6O. The standard InChI is InChI=1S/C32H49FN6O/c1-6-22(4)35-31-26(7-2)21(3)8-14-28(30(34)40)32(37-31)36-24-11-15-27(29(33)20-24)23-9-12-25(13-10-23)39-18-16-38(5)17-19-39/h11,15,20,22-23,25,36H,6-10,12-14,16-19H2,1-5H3,(H2,34,40)(H,35,37)/b26-21-,32-28+. The van der Waals surface area contributed by atoms with Crippen LogP contribution in [-0.2, 0) is 4.79 Å². The van der Waals surface area contributed by atoms with Gasteiger partial charge in [0, 0.05) is 44.0 Å². The van der Waals surface area contributed by atoms with Crippen LogP contribution in [-0.4, -0.2) is 66.9 Å². The van der Waals surface area contributed by atoms with Crippen LogP contribution in [0.15, 0.2) is 45.7 Å². The second-order valence-corrected chi connectivity index (χ2v) is 11.9. The van der Waals surface area contributed by atoms with Gasteiger partial charge in [-0.15, -0.1) is 0 Å². The van der Waals surface area contributed by atoms with Crippen molar-refractivity contribution in [1.82, 2.24) is 15.1 Å². The smallest absolute Gasteiger partial charge is 0.248 e. The molecule has 3 aliphatic rings. The number of aliphatic imine (C=N–C) groups is 1. The summed E-state index contributed by atoms with van der Waals surface area (Å²) in [6.07, 6.45) is 7.23. The van der Waals surface area contributed by atoms with E-state index in [1.165, 1.54) is 5.57 Å². The highest BCUT2D eigenvalue weighted by Gasteiger charge is 2.29. The number of piperazine rings is 1. The van der Waals surface area contributed by atoms with Crippen LogP contribution in [0.5, 0.6) is 0 Å². The second-order valence-electron chi connectivity index (χ2n) is 11.9. The molecule has 0 bridgehead atoms. The first-order valence-electron chi connectivity index (χ1n) is 15.3. The number of hydrogen-bond donors (Lipinski definition) is 3. The van der Waals surface area contributed by atoms with Gasteiger partial charge in [0.15, 0.2) is 0 Å². The van der Waals surface area contributed by atoms with Crippen LogP contribution in [0.25, 0.3) is 0 Å². The number of amidine groups is 1. The molecular weight excluding hydrogens is 503 g/mol. The van der Waals surface area contributed by atoms with E-state index in [0.29, 0.717) is 29.5 Å². The molecule has 1 amide bonds. The molecule has 40 heavy (non-hydrogen) atoms. The molecule has 2 fully saturated rings. The van der Waals surface area contributed by atoms with Crippen molar-refractivity contribution in [2.24, 2.45) is 10.7 Å². The normalized spacial score (nSPS) is 29.0. The Kier molecular flexibility index (Phi) is 10.4. The van der Waals surface area contributed by atoms with E-state index in [-0.39, 0.29) is 17.8 Å². The molecule has 2 heterocycles. The molecule has 1 saturated heterocycles. The summed E-state index contributed by atoms with van der Waals surface area (Å²) in [6, 6.07) is 6.14. The quantitative estimate of drug-likeness (QED) is 0.396. The summed E-state index contributed by atoms with van der Waals surface area (Å²) in [7, 11) is 2.19. The van der Waals surface area contributed by atoms with Gasteiger partial charge in [0.25, 0.3) is 0 Å². The Bertz CT molecular complexity index is 1140. The highest BCUT2D eigenvalue weighted by Crippen LogP contribution is 2.37. The summed E-state index contributed by atoms with van der Waals surface area (Å²) >= 11 is 0. The molecule has 1 saturated carbocycles. The summed E-state index contributed by atoms with van der Waals surface area (Å²) in [5.74, 6) is 0.808. The molecule has 8 heteroatoms. The van der Waals surface area contributed by atoms with Crippen molar-refractivity contribution < 1.29 is 9.18 Å². The van der Waals surface area contributed by atoms with E-state index in [0.717, 1.165) is 88.1 Å². The summed E-state index contributed by atoms with van der Waals surface area (Å²) in [4.78, 5) is 22.4. The van der Waals surface area contributed by atoms with Gasteiger partial charge >= 0.3 is 0 Å². The van der Waals surface area contributed by atoms with Gasteiger partial charge < -0.3 is 21.3 Å². The van der Waals surface area contributed by atoms with Crippen molar-refractivity contribution in [2.45, 2.75) is 97.1 Å². The maximum absolute atomic E-state index is 15.5. The van der Waals surface area contributed by atoms with Crippen molar-refractivity contribution in [3.05, 3.63) is 52.1 Å². The lowest BCUT2D eigenvalue weighted by atomic mass is 9.81. The molecule has 4 N–H and O–H groups in total. The zero-order valence-corrected chi connectivity index (χ0v) is 25.2. The molecule has 1 aliphatic carbocycles. The minimum Gasteiger partial charge on any atom is -0.366 e. The molecule has 0 spiro atoms. The van der Waals surface area contributed by atoms with Gasteiger partial charge in [-0.05, 0) is 101 Å². The largest absolute Gasteiger partial charge is 0.366 e. The third-order valence-electron chi connectivity index (χ3n) is 9.15. The second kappa shape index (κ2) is 13.8. The van der Waals surface area contributed by atoms with Crippen molar-refractivity contribution in [3.63, 3.8) is 0 Å². The Labute approximate surface area is 240 Å². The van der Waals surface area contributed by atoms with E-state index in [1.54, 1.807) is 6.07 Å². The number of anilines is 1. The predicted molar refractivity (Wildman–Crippen MR) is 163 cm³/mol. The Morgan fingerprint density at radius 3 is 2.45 bits per heavy atom. The molecule has 220 valence electrons. The number of amides is 1. The fourth-order valence-electron chi connectivity index (χ4n) is 6.32. The molecule has 1 unspecified atom stereocenters. The number of hydrogen-bond acceptors (Lipinski definition) is 5. The van der Waals surface area contributed by atoms with Crippen molar-refractivity contribution in [2.75, 3.05) is 38.5 Å². The van der Waals surface area contributed by atoms with Crippen LogP contribution >= 0.6 is 0 Å². The number of halogens is 1. The van der Waals surface area contributed by atoms with Gasteiger partial charge in [-0.3, -0.25) is 14.7 Å². The summed E-state index contributed by atoms with van der Waals surface area (Å²) in [6.45, 7) is 12.9. The number of nitrogens with two attached hydrogens (primary N) is 1. The number of carbonyl (C=O) groups is 1. The molecule has 0 aromatic heterocycles. The lowest BCUT2D eigenvalue weighted by molar-refractivity contribution is -0.114. The van der Waals surface area contributed by atoms with E-state index in [9.17, 15) is 4.79 Å². The Morgan fingerprint density at radius 1 is 1.15 bits per heavy atom. The Morgan fingerprint density at radius 2 is 1.85 bits per heavy atom. The fraction of sp³-hybridized carbons (Fsp3) is 0.625. The molecule has 4 rings (SSSR count). The number of allylic oxidation sites excluding steroid dienone is 1. The third-order valence-corrected chi connectivity index (χ3v) is 9.15. The molecule has 0 radical (unpaired) electrons. The minimum absolute atomic E-state index is 0.123. The van der Waals surface area contributed by atoms with E-state index in [4.69, 9.17) is 10.7 Å². The minimum atomic E-state index is -0.486. The Hall–Kier alpha value is -2.71. The first-order valence-corrected chi connectivity index (χ1v) is 15.3. The highest BCUT2D eigenvalue weighted by atomic mass is 19.1. The highest BCUT2D eigenvalue weighted by molar-refractivity contribution is 6.02. The van der Waals surface area contributed by atoms with Gasteiger partial charge in [0.05, 0.1) is 5.57 Å². The number of nitrogens with zero attached hydrogens (tertiary/aromatic N) is 3. The third kappa shape index (κ3) is 7.32. The average Bonchev–Trinajstić information content (AvgIpc) is 2.93. The van der Waals surface area contributed by atoms with Gasteiger partial charge in [0.2, 0.25) is 5.91 Å². The maximum atomic E-state index is 15.5. The number of rotatable bonds is 8. The van der Waals surface area contributed by atoms with Crippen LogP contribution in [0.3, 0.4) is 0 Å². The number of benzene rings is 1. The SMILES string of the molecule is CC/C1=C(\C)CC/C(C(N)=O)=C(/Nc2ccc(C3CCC(N4CCN(C)CC4)CC3)c(F)c2)NC1=NC(C)CC. The van der Waals surface area contributed by atoms with Crippen LogP contribution < -0.4 is 16.4 Å². The van der Waals surface area contributed by atoms with Crippen molar-refractivity contribution in [1.29, 1.82) is 0 Å². The number of nitrogens with one attached hydrogen (secondary N) is 2. The van der Waals surface area contributed by atoms with E-state index in [1.807, 2.05) is 12.1 Å². The maximum Gasteiger partial charge on any atom is 0.248 e. The molecule has 1 atom stereocenters. The monoisotopic (exact) mass is 552 g/mol. The molecule has 7 nitrogen and oxygen atoms in total. The molecule has 2 aliphatic heterocycles. The summed E-state index contributed by atoms with van der Waals surface area (Å²) < 4.78 is 15.5. The zero-order chi connectivity index (χ0) is 28.8. The van der Waals surface area contributed by atoms with Crippen molar-refractivity contribution >= 4 is 17.4 Å². The first kappa shape index (κ1) is 30.3. The van der Waals surface area contributed by atoms with Crippen molar-refractivity contribution in [3.8, 4) is 0 Å². The van der Waals surface area contributed by atoms with Gasteiger partial charge in [-0.1, -0.05) is 25.5 Å². The predicted octanol–water partition coefficient (Wildman–Crippen LogP) is 5.52. The van der Waals surface area contributed by atoms with Gasteiger partial charge in [-0.2, -0.15) is 0 Å². The van der Waals surface area contributed by atoms with Gasteiger partial charge in [-0.25, -0.2) is 4.39 Å². The summed E-state index contributed by atoms with van der Waals surface area (Å²) in [5, 5.41) is 6.70. The van der Waals surface area contributed by atoms with Crippen LogP contribution in [0.1, 0.15) is 90.5 Å². The number of likely N-dealkylation sites (N-methyl/N-ethyl adjacent to an activating group) is 1. The molecule has 1 aromatic rings. The Balaban J connectivity index is 1.50. The van der Waals surface area contributed by atoms with Crippen LogP contribution in [0, 0.1) is 5.82 Å². The number of carbonyl (C=O) groups excluding carboxylic acids is 1. The fourth-order valence-corrected chi connectivity index (χ4v) is 6.32. The average molecular weight is 553 g/mol. The van der Waals surface area contributed by atoms with E-state index < -0.39 is 5.91 Å². The zero-order valence-electron chi connectivity index (χ0n) is 25.2. The van der Waals surface area contributed by atoms with E-state index >= 15 is 4.39 Å². The van der Waals surface area contributed by atoms with Crippen LogP contribution in [0.4, 0.5) is 10.1 Å². The first-order chi connectivity index (χ1) is 19.2. The lowest BCUT2D eigenvalue weighted by Crippen LogP contribution is -2.49. The summed E-state index contributed by atoms with van der Waals surface area (Å²) in [5.41, 5.74) is 10.0. The molecule has 1 aromatic carbocycles. The topological polar surface area (TPSA) is 86.0 Å². The van der Waals surface area contributed by atoms with Gasteiger partial charge in [0.1, 0.15) is 17.5 Å². The van der Waals surface area contributed by atoms with E-state index in [2.05, 4.69) is 55.2 Å². The lowest BCUT2D eigenvalue weighted by Gasteiger charge is -2.41. The van der Waals surface area contributed by atoms with Crippen LogP contribution in [0.2, 0.25) is 0 Å².